The van der Waals surface area contributed by atoms with Gasteiger partial charge >= 0.3 is 6.18 Å². The van der Waals surface area contributed by atoms with Crippen molar-refractivity contribution in [1.29, 1.82) is 0 Å². The highest BCUT2D eigenvalue weighted by Crippen LogP contribution is 2.29. The van der Waals surface area contributed by atoms with Crippen molar-refractivity contribution in [3.05, 3.63) is 0 Å². The Balaban J connectivity index is 2.65. The molecule has 1 aliphatic heterocycles. The molecule has 1 aliphatic rings. The van der Waals surface area contributed by atoms with Crippen LogP contribution in [0.3, 0.4) is 0 Å². The SMILES string of the molecule is COC1CN(CC(C(N)=S)C(F)(F)F)CC1OC. The largest absolute Gasteiger partial charge is 0.399 e. The zero-order valence-corrected chi connectivity index (χ0v) is 11.1. The molecule has 3 atom stereocenters. The molecule has 18 heavy (non-hydrogen) atoms. The zero-order valence-electron chi connectivity index (χ0n) is 10.2. The molecule has 1 heterocycles. The van der Waals surface area contributed by atoms with Gasteiger partial charge in [-0.2, -0.15) is 13.2 Å². The highest BCUT2D eigenvalue weighted by atomic mass is 32.1. The standard InChI is InChI=1S/C10H17F3N2O2S/c1-16-7-4-15(5-8(7)17-2)3-6(9(14)18)10(11,12)13/h6-8H,3-5H2,1-2H3,(H2,14,18). The second-order valence-corrected chi connectivity index (χ2v) is 4.73. The average molecular weight is 286 g/mol. The molecule has 0 amide bonds. The number of hydrogen-bond donors (Lipinski definition) is 1. The lowest BCUT2D eigenvalue weighted by molar-refractivity contribution is -0.158. The maximum Gasteiger partial charge on any atom is 0.399 e. The number of rotatable bonds is 5. The maximum absolute atomic E-state index is 12.7. The predicted octanol–water partition coefficient (Wildman–Crippen LogP) is 0.797. The monoisotopic (exact) mass is 286 g/mol. The van der Waals surface area contributed by atoms with Crippen molar-refractivity contribution in [2.24, 2.45) is 11.7 Å². The molecule has 3 unspecified atom stereocenters. The van der Waals surface area contributed by atoms with Crippen LogP contribution in [0.25, 0.3) is 0 Å². The van der Waals surface area contributed by atoms with Crippen molar-refractivity contribution in [1.82, 2.24) is 4.90 Å². The minimum absolute atomic E-state index is 0.227. The van der Waals surface area contributed by atoms with Crippen molar-refractivity contribution in [2.75, 3.05) is 33.9 Å². The predicted molar refractivity (Wildman–Crippen MR) is 64.4 cm³/mol. The topological polar surface area (TPSA) is 47.7 Å². The highest BCUT2D eigenvalue weighted by molar-refractivity contribution is 7.80. The summed E-state index contributed by atoms with van der Waals surface area (Å²) >= 11 is 4.48. The quantitative estimate of drug-likeness (QED) is 0.758. The van der Waals surface area contributed by atoms with Crippen LogP contribution in [0.2, 0.25) is 0 Å². The smallest absolute Gasteiger partial charge is 0.393 e. The Labute approximate surface area is 109 Å². The fraction of sp³-hybridized carbons (Fsp3) is 0.900. The van der Waals surface area contributed by atoms with Crippen molar-refractivity contribution < 1.29 is 22.6 Å². The van der Waals surface area contributed by atoms with Gasteiger partial charge in [-0.15, -0.1) is 0 Å². The maximum atomic E-state index is 12.7. The second-order valence-electron chi connectivity index (χ2n) is 4.26. The van der Waals surface area contributed by atoms with Crippen LogP contribution in [0.1, 0.15) is 0 Å². The molecule has 0 aliphatic carbocycles. The zero-order chi connectivity index (χ0) is 13.9. The summed E-state index contributed by atoms with van der Waals surface area (Å²) in [5.41, 5.74) is 5.16. The van der Waals surface area contributed by atoms with Crippen molar-refractivity contribution >= 4 is 17.2 Å². The number of nitrogens with two attached hydrogens (primary N) is 1. The number of likely N-dealkylation sites (tertiary alicyclic amines) is 1. The molecule has 8 heteroatoms. The number of methoxy groups -OCH3 is 2. The van der Waals surface area contributed by atoms with Crippen LogP contribution in [0.4, 0.5) is 13.2 Å². The van der Waals surface area contributed by atoms with Crippen LogP contribution in [0.5, 0.6) is 0 Å². The van der Waals surface area contributed by atoms with E-state index >= 15 is 0 Å². The van der Waals surface area contributed by atoms with Gasteiger partial charge in [0.15, 0.2) is 0 Å². The van der Waals surface area contributed by atoms with Gasteiger partial charge in [-0.25, -0.2) is 0 Å². The number of ether oxygens (including phenoxy) is 2. The number of thiocarbonyl (C=S) groups is 1. The minimum Gasteiger partial charge on any atom is -0.393 e. The fourth-order valence-corrected chi connectivity index (χ4v) is 2.24. The Morgan fingerprint density at radius 2 is 1.78 bits per heavy atom. The van der Waals surface area contributed by atoms with E-state index in [-0.39, 0.29) is 18.8 Å². The molecule has 0 radical (unpaired) electrons. The number of halogens is 3. The molecule has 1 fully saturated rings. The van der Waals surface area contributed by atoms with E-state index in [0.717, 1.165) is 0 Å². The molecule has 1 rings (SSSR count). The lowest BCUT2D eigenvalue weighted by atomic mass is 10.1. The van der Waals surface area contributed by atoms with Crippen LogP contribution >= 0.6 is 12.2 Å². The van der Waals surface area contributed by atoms with Gasteiger partial charge in [0, 0.05) is 33.9 Å². The Hall–Kier alpha value is -0.440. The second kappa shape index (κ2) is 6.14. The summed E-state index contributed by atoms with van der Waals surface area (Å²) < 4.78 is 48.5. The van der Waals surface area contributed by atoms with Crippen LogP contribution < -0.4 is 5.73 Å². The molecule has 0 aromatic carbocycles. The van der Waals surface area contributed by atoms with Crippen LogP contribution in [-0.4, -0.2) is 62.1 Å². The van der Waals surface area contributed by atoms with Gasteiger partial charge in [0.25, 0.3) is 0 Å². The highest BCUT2D eigenvalue weighted by Gasteiger charge is 2.44. The summed E-state index contributed by atoms with van der Waals surface area (Å²) in [5, 5.41) is 0. The molecule has 2 N–H and O–H groups in total. The van der Waals surface area contributed by atoms with E-state index in [9.17, 15) is 13.2 Å². The Morgan fingerprint density at radius 1 is 1.33 bits per heavy atom. The third kappa shape index (κ3) is 3.78. The third-order valence-corrected chi connectivity index (χ3v) is 3.36. The van der Waals surface area contributed by atoms with Gasteiger partial charge in [-0.05, 0) is 0 Å². The van der Waals surface area contributed by atoms with Crippen LogP contribution in [0.15, 0.2) is 0 Å². The van der Waals surface area contributed by atoms with E-state index in [0.29, 0.717) is 13.1 Å². The van der Waals surface area contributed by atoms with Gasteiger partial charge < -0.3 is 15.2 Å². The Bertz CT molecular complexity index is 289. The first-order chi connectivity index (χ1) is 8.29. The molecule has 0 saturated carbocycles. The fourth-order valence-electron chi connectivity index (χ4n) is 2.03. The first kappa shape index (κ1) is 15.6. The summed E-state index contributed by atoms with van der Waals surface area (Å²) in [6.45, 7) is 0.507. The molecule has 1 saturated heterocycles. The molecule has 0 bridgehead atoms. The molecular formula is C10H17F3N2O2S. The van der Waals surface area contributed by atoms with Gasteiger partial charge in [-0.1, -0.05) is 12.2 Å². The van der Waals surface area contributed by atoms with E-state index < -0.39 is 17.1 Å². The molecule has 106 valence electrons. The molecule has 0 aromatic heterocycles. The van der Waals surface area contributed by atoms with Gasteiger partial charge in [0.1, 0.15) is 5.92 Å². The van der Waals surface area contributed by atoms with Crippen LogP contribution in [-0.2, 0) is 9.47 Å². The van der Waals surface area contributed by atoms with Crippen molar-refractivity contribution in [3.8, 4) is 0 Å². The average Bonchev–Trinajstić information content (AvgIpc) is 2.66. The molecular weight excluding hydrogens is 269 g/mol. The third-order valence-electron chi connectivity index (χ3n) is 3.08. The van der Waals surface area contributed by atoms with Crippen LogP contribution in [0, 0.1) is 5.92 Å². The molecule has 4 nitrogen and oxygen atoms in total. The Kier molecular flexibility index (Phi) is 5.32. The number of alkyl halides is 3. The first-order valence-electron chi connectivity index (χ1n) is 5.43. The first-order valence-corrected chi connectivity index (χ1v) is 5.84. The summed E-state index contributed by atoms with van der Waals surface area (Å²) in [5.74, 6) is -1.79. The summed E-state index contributed by atoms with van der Waals surface area (Å²) in [4.78, 5) is 1.08. The lowest BCUT2D eigenvalue weighted by Crippen LogP contribution is -2.43. The normalized spacial score (nSPS) is 27.4. The lowest BCUT2D eigenvalue weighted by Gasteiger charge is -2.24. The van der Waals surface area contributed by atoms with E-state index in [4.69, 9.17) is 15.2 Å². The van der Waals surface area contributed by atoms with Crippen molar-refractivity contribution in [3.63, 3.8) is 0 Å². The number of nitrogens with zero attached hydrogens (tertiary/aromatic N) is 1. The van der Waals surface area contributed by atoms with E-state index in [2.05, 4.69) is 12.2 Å². The van der Waals surface area contributed by atoms with E-state index in [1.807, 2.05) is 0 Å². The van der Waals surface area contributed by atoms with E-state index in [1.54, 1.807) is 4.90 Å². The summed E-state index contributed by atoms with van der Waals surface area (Å²) in [6, 6.07) is 0. The van der Waals surface area contributed by atoms with Crippen molar-refractivity contribution in [2.45, 2.75) is 18.4 Å². The Morgan fingerprint density at radius 3 is 2.06 bits per heavy atom. The van der Waals surface area contributed by atoms with E-state index in [1.165, 1.54) is 14.2 Å². The van der Waals surface area contributed by atoms with Gasteiger partial charge in [0.2, 0.25) is 0 Å². The van der Waals surface area contributed by atoms with Gasteiger partial charge in [-0.3, -0.25) is 4.90 Å². The molecule has 0 spiro atoms. The number of hydrogen-bond acceptors (Lipinski definition) is 4. The molecule has 0 aromatic rings. The van der Waals surface area contributed by atoms with Gasteiger partial charge in [0.05, 0.1) is 17.2 Å². The minimum atomic E-state index is -4.42. The summed E-state index contributed by atoms with van der Waals surface area (Å²) in [6.07, 6.45) is -4.87. The summed E-state index contributed by atoms with van der Waals surface area (Å²) in [7, 11) is 3.02.